The van der Waals surface area contributed by atoms with Crippen molar-refractivity contribution in [1.82, 2.24) is 0 Å². The first-order valence-electron chi connectivity index (χ1n) is 44.2. The molecule has 0 aliphatic carbocycles. The Morgan fingerprint density at radius 2 is 0.400 bits per heavy atom. The van der Waals surface area contributed by atoms with Gasteiger partial charge in [0.1, 0.15) is 19.3 Å². The van der Waals surface area contributed by atoms with E-state index in [0.29, 0.717) is 31.6 Å². The van der Waals surface area contributed by atoms with Crippen LogP contribution < -0.4 is 0 Å². The van der Waals surface area contributed by atoms with Crippen molar-refractivity contribution in [1.29, 1.82) is 0 Å². The fraction of sp³-hybridized carbons (Fsp3) is 0.953. The van der Waals surface area contributed by atoms with Crippen molar-refractivity contribution in [2.24, 2.45) is 23.7 Å². The van der Waals surface area contributed by atoms with Crippen molar-refractivity contribution in [3.8, 4) is 0 Å². The molecule has 0 saturated heterocycles. The summed E-state index contributed by atoms with van der Waals surface area (Å²) in [5, 5.41) is 10.7. The minimum absolute atomic E-state index is 0.107. The second-order valence-electron chi connectivity index (χ2n) is 32.8. The fourth-order valence-corrected chi connectivity index (χ4v) is 14.9. The smallest absolute Gasteiger partial charge is 0.462 e. The number of carbonyl (C=O) groups is 4. The predicted octanol–water partition coefficient (Wildman–Crippen LogP) is 25.9. The topological polar surface area (TPSA) is 237 Å². The lowest BCUT2D eigenvalue weighted by Gasteiger charge is -2.21. The highest BCUT2D eigenvalue weighted by Gasteiger charge is 2.30. The van der Waals surface area contributed by atoms with Gasteiger partial charge in [-0.1, -0.05) is 396 Å². The van der Waals surface area contributed by atoms with E-state index in [4.69, 9.17) is 37.0 Å². The molecule has 0 radical (unpaired) electrons. The normalized spacial score (nSPS) is 13.9. The van der Waals surface area contributed by atoms with Crippen LogP contribution >= 0.6 is 15.6 Å². The van der Waals surface area contributed by atoms with Crippen molar-refractivity contribution in [2.45, 2.75) is 465 Å². The first-order chi connectivity index (χ1) is 50.6. The highest BCUT2D eigenvalue weighted by atomic mass is 31.2. The standard InChI is InChI=1S/C86H168O17P2/c1-76(2)62-54-46-38-31-25-19-13-11-9-10-12-14-23-29-35-43-52-60-68-85(90)102-81(72-96-83(88)66-58-50-42-34-28-22-17-15-20-26-32-39-47-55-63-77(3)4)74-100-104(92,93)98-70-80(87)71-99-105(94,95)101-75-82(73-97-84(89)67-59-51-45-37-41-49-57-65-79(7)8)103-86(91)69-61-53-44-36-30-24-18-16-21-27-33-40-48-56-64-78(5)6/h76-82,87H,9-75H2,1-8H3,(H,92,93)(H,94,95)/t80?,81-,82-/m1/s1. The molecular weight excluding hydrogens is 1370 g/mol. The maximum Gasteiger partial charge on any atom is 0.472 e. The molecule has 17 nitrogen and oxygen atoms in total. The first kappa shape index (κ1) is 103. The minimum atomic E-state index is -4.97. The number of aliphatic hydroxyl groups excluding tert-OH is 1. The summed E-state index contributed by atoms with van der Waals surface area (Å²) in [5.74, 6) is 1.01. The molecule has 105 heavy (non-hydrogen) atoms. The molecule has 3 unspecified atom stereocenters. The number of aliphatic hydroxyl groups is 1. The summed E-state index contributed by atoms with van der Waals surface area (Å²) in [7, 11) is -9.93. The lowest BCUT2D eigenvalue weighted by molar-refractivity contribution is -0.161. The minimum Gasteiger partial charge on any atom is -0.462 e. The van der Waals surface area contributed by atoms with Gasteiger partial charge >= 0.3 is 39.5 Å². The third-order valence-corrected chi connectivity index (χ3v) is 22.0. The quantitative estimate of drug-likeness (QED) is 0.0222. The van der Waals surface area contributed by atoms with E-state index < -0.39 is 97.5 Å². The Bertz CT molecular complexity index is 2040. The van der Waals surface area contributed by atoms with Gasteiger partial charge in [-0.25, -0.2) is 9.13 Å². The molecule has 0 aliphatic heterocycles. The van der Waals surface area contributed by atoms with Gasteiger partial charge in [0.2, 0.25) is 0 Å². The lowest BCUT2D eigenvalue weighted by Crippen LogP contribution is -2.30. The highest BCUT2D eigenvalue weighted by Crippen LogP contribution is 2.45. The molecular formula is C86H168O17P2. The number of ether oxygens (including phenoxy) is 4. The SMILES string of the molecule is CC(C)CCCCCCCCCCCCCCCCCCCCC(=O)O[C@H](COC(=O)CCCCCCCCCCCCCCCCC(C)C)COP(=O)(O)OCC(O)COP(=O)(O)OC[C@@H](COC(=O)CCCCCCCCCC(C)C)OC(=O)CCCCCCCCCCCCCCCCC(C)C. The number of esters is 4. The predicted molar refractivity (Wildman–Crippen MR) is 432 cm³/mol. The molecule has 0 aliphatic rings. The Hall–Kier alpha value is -1.94. The Morgan fingerprint density at radius 1 is 0.238 bits per heavy atom. The Kier molecular flexibility index (Phi) is 73.4. The number of phosphoric acid groups is 2. The van der Waals surface area contributed by atoms with E-state index >= 15 is 0 Å². The second kappa shape index (κ2) is 74.8. The zero-order valence-corrected chi connectivity index (χ0v) is 71.2. The monoisotopic (exact) mass is 1540 g/mol. The molecule has 0 bridgehead atoms. The Labute approximate surface area is 645 Å². The van der Waals surface area contributed by atoms with Gasteiger partial charge in [-0.15, -0.1) is 0 Å². The summed E-state index contributed by atoms with van der Waals surface area (Å²) in [6, 6.07) is 0. The van der Waals surface area contributed by atoms with Crippen LogP contribution in [0, 0.1) is 23.7 Å². The van der Waals surface area contributed by atoms with Gasteiger partial charge in [0.05, 0.1) is 26.4 Å². The van der Waals surface area contributed by atoms with Crippen molar-refractivity contribution >= 4 is 39.5 Å². The average molecular weight is 1540 g/mol. The summed E-state index contributed by atoms with van der Waals surface area (Å²) < 4.78 is 68.9. The Balaban J connectivity index is 5.23. The van der Waals surface area contributed by atoms with Crippen molar-refractivity contribution in [3.63, 3.8) is 0 Å². The van der Waals surface area contributed by atoms with Crippen LogP contribution in [0.4, 0.5) is 0 Å². The molecule has 0 rings (SSSR count). The number of carbonyl (C=O) groups excluding carboxylic acids is 4. The van der Waals surface area contributed by atoms with Gasteiger partial charge in [-0.3, -0.25) is 37.3 Å². The summed E-state index contributed by atoms with van der Waals surface area (Å²) in [4.78, 5) is 73.2. The number of phosphoric ester groups is 2. The molecule has 624 valence electrons. The van der Waals surface area contributed by atoms with Crippen LogP contribution in [0.1, 0.15) is 447 Å². The third-order valence-electron chi connectivity index (χ3n) is 20.1. The van der Waals surface area contributed by atoms with Crippen LogP contribution in [0.3, 0.4) is 0 Å². The summed E-state index contributed by atoms with van der Waals surface area (Å²) >= 11 is 0. The van der Waals surface area contributed by atoms with Crippen LogP contribution in [-0.2, 0) is 65.4 Å². The zero-order chi connectivity index (χ0) is 77.4. The molecule has 0 aromatic heterocycles. The van der Waals surface area contributed by atoms with Gasteiger partial charge in [0, 0.05) is 25.7 Å². The summed E-state index contributed by atoms with van der Waals surface area (Å²) in [6.45, 7) is 14.3. The van der Waals surface area contributed by atoms with E-state index in [-0.39, 0.29) is 25.7 Å². The van der Waals surface area contributed by atoms with E-state index in [1.54, 1.807) is 0 Å². The number of unbranched alkanes of at least 4 members (excludes halogenated alkanes) is 49. The molecule has 0 amide bonds. The molecule has 0 aromatic rings. The van der Waals surface area contributed by atoms with Gasteiger partial charge in [0.15, 0.2) is 12.2 Å². The second-order valence-corrected chi connectivity index (χ2v) is 35.7. The van der Waals surface area contributed by atoms with Crippen molar-refractivity contribution in [2.75, 3.05) is 39.6 Å². The van der Waals surface area contributed by atoms with E-state index in [2.05, 4.69) is 55.4 Å². The summed E-state index contributed by atoms with van der Waals surface area (Å²) in [6.07, 6.45) is 64.0. The van der Waals surface area contributed by atoms with E-state index in [9.17, 15) is 43.2 Å². The van der Waals surface area contributed by atoms with Crippen LogP contribution in [0.15, 0.2) is 0 Å². The van der Waals surface area contributed by atoms with Gasteiger partial charge in [-0.05, 0) is 49.4 Å². The first-order valence-corrected chi connectivity index (χ1v) is 47.2. The molecule has 0 saturated carbocycles. The lowest BCUT2D eigenvalue weighted by atomic mass is 10.0. The molecule has 19 heteroatoms. The van der Waals surface area contributed by atoms with Gasteiger partial charge in [0.25, 0.3) is 0 Å². The molecule has 3 N–H and O–H groups in total. The van der Waals surface area contributed by atoms with Gasteiger partial charge in [-0.2, -0.15) is 0 Å². The van der Waals surface area contributed by atoms with Crippen molar-refractivity contribution in [3.05, 3.63) is 0 Å². The zero-order valence-electron chi connectivity index (χ0n) is 69.4. The number of rotatable bonds is 83. The van der Waals surface area contributed by atoms with Crippen LogP contribution in [-0.4, -0.2) is 96.7 Å². The maximum atomic E-state index is 13.1. The molecule has 5 atom stereocenters. The largest absolute Gasteiger partial charge is 0.472 e. The van der Waals surface area contributed by atoms with E-state index in [1.165, 1.54) is 244 Å². The molecule has 0 aromatic carbocycles. The van der Waals surface area contributed by atoms with E-state index in [1.807, 2.05) is 0 Å². The molecule has 0 heterocycles. The fourth-order valence-electron chi connectivity index (χ4n) is 13.3. The van der Waals surface area contributed by atoms with Crippen LogP contribution in [0.5, 0.6) is 0 Å². The van der Waals surface area contributed by atoms with Crippen molar-refractivity contribution < 1.29 is 80.2 Å². The average Bonchev–Trinajstić information content (AvgIpc) is 0.930. The molecule has 0 fully saturated rings. The number of hydrogen-bond acceptors (Lipinski definition) is 15. The Morgan fingerprint density at radius 3 is 0.590 bits per heavy atom. The van der Waals surface area contributed by atoms with Gasteiger partial charge < -0.3 is 33.8 Å². The van der Waals surface area contributed by atoms with E-state index in [0.717, 1.165) is 114 Å². The summed E-state index contributed by atoms with van der Waals surface area (Å²) in [5.41, 5.74) is 0. The maximum absolute atomic E-state index is 13.1. The highest BCUT2D eigenvalue weighted by molar-refractivity contribution is 7.47. The van der Waals surface area contributed by atoms with Crippen LogP contribution in [0.2, 0.25) is 0 Å². The van der Waals surface area contributed by atoms with Crippen LogP contribution in [0.25, 0.3) is 0 Å². The third kappa shape index (κ3) is 79.9. The molecule has 0 spiro atoms. The number of hydrogen-bond donors (Lipinski definition) is 3.